The van der Waals surface area contributed by atoms with Crippen LogP contribution in [0.5, 0.6) is 0 Å². The Kier molecular flexibility index (Phi) is 6.92. The van der Waals surface area contributed by atoms with Gasteiger partial charge in [-0.3, -0.25) is 19.3 Å². The van der Waals surface area contributed by atoms with Crippen molar-refractivity contribution in [2.24, 2.45) is 0 Å². The number of halogens is 1. The van der Waals surface area contributed by atoms with E-state index >= 15 is 0 Å². The normalized spacial score (nSPS) is 12.8. The minimum atomic E-state index is -0.242. The molecule has 1 aliphatic rings. The Morgan fingerprint density at radius 3 is 2.31 bits per heavy atom. The van der Waals surface area contributed by atoms with Gasteiger partial charge in [-0.25, -0.2) is 0 Å². The molecule has 0 aliphatic carbocycles. The van der Waals surface area contributed by atoms with Crippen LogP contribution in [0.1, 0.15) is 57.0 Å². The number of anilines is 1. The summed E-state index contributed by atoms with van der Waals surface area (Å²) < 4.78 is 0. The molecule has 0 spiro atoms. The molecule has 2 aromatic carbocycles. The van der Waals surface area contributed by atoms with Gasteiger partial charge in [0, 0.05) is 24.4 Å². The number of unbranched alkanes of at least 4 members (excludes halogenated alkanes) is 2. The first-order valence-electron chi connectivity index (χ1n) is 10.3. The lowest BCUT2D eigenvalue weighted by Gasteiger charge is -2.13. The summed E-state index contributed by atoms with van der Waals surface area (Å²) in [6, 6.07) is 14.4. The molecule has 9 heteroatoms. The highest BCUT2D eigenvalue weighted by molar-refractivity contribution is 7.15. The maximum absolute atomic E-state index is 12.3. The van der Waals surface area contributed by atoms with Crippen molar-refractivity contribution in [3.05, 3.63) is 75.3 Å². The van der Waals surface area contributed by atoms with Crippen molar-refractivity contribution in [1.29, 1.82) is 0 Å². The molecule has 4 rings (SSSR count). The van der Waals surface area contributed by atoms with Crippen molar-refractivity contribution in [1.82, 2.24) is 15.1 Å². The number of fused-ring (bicyclic) bond motifs is 1. The molecule has 32 heavy (non-hydrogen) atoms. The van der Waals surface area contributed by atoms with Crippen LogP contribution in [0.3, 0.4) is 0 Å². The van der Waals surface area contributed by atoms with Crippen LogP contribution in [0, 0.1) is 0 Å². The fraction of sp³-hybridized carbons (Fsp3) is 0.261. The monoisotopic (exact) mass is 468 g/mol. The predicted molar refractivity (Wildman–Crippen MR) is 123 cm³/mol. The van der Waals surface area contributed by atoms with Gasteiger partial charge in [0.1, 0.15) is 5.01 Å². The summed E-state index contributed by atoms with van der Waals surface area (Å²) in [5.41, 5.74) is 2.00. The van der Waals surface area contributed by atoms with Crippen molar-refractivity contribution in [3.63, 3.8) is 0 Å². The molecule has 1 aromatic heterocycles. The van der Waals surface area contributed by atoms with E-state index in [1.807, 2.05) is 24.3 Å². The van der Waals surface area contributed by atoms with Crippen LogP contribution in [-0.2, 0) is 11.2 Å². The molecule has 164 valence electrons. The Morgan fingerprint density at radius 2 is 1.62 bits per heavy atom. The van der Waals surface area contributed by atoms with Crippen molar-refractivity contribution >= 4 is 45.8 Å². The van der Waals surface area contributed by atoms with Gasteiger partial charge < -0.3 is 5.32 Å². The Bertz CT molecular complexity index is 1110. The van der Waals surface area contributed by atoms with E-state index in [9.17, 15) is 14.4 Å². The van der Waals surface area contributed by atoms with Gasteiger partial charge in [0.15, 0.2) is 0 Å². The smallest absolute Gasteiger partial charge is 0.261 e. The average Bonchev–Trinajstić information content (AvgIpc) is 3.32. The van der Waals surface area contributed by atoms with E-state index < -0.39 is 0 Å². The number of carbonyl (C=O) groups excluding carboxylic acids is 3. The highest BCUT2D eigenvalue weighted by Crippen LogP contribution is 2.23. The summed E-state index contributed by atoms with van der Waals surface area (Å²) in [5.74, 6) is -0.608. The third-order valence-electron chi connectivity index (χ3n) is 5.15. The van der Waals surface area contributed by atoms with E-state index in [0.29, 0.717) is 53.5 Å². The molecular formula is C23H21ClN4O3S. The van der Waals surface area contributed by atoms with Crippen LogP contribution in [0.2, 0.25) is 5.02 Å². The molecule has 3 amide bonds. The van der Waals surface area contributed by atoms with Crippen molar-refractivity contribution in [2.75, 3.05) is 11.9 Å². The first-order chi connectivity index (χ1) is 15.5. The summed E-state index contributed by atoms with van der Waals surface area (Å²) in [5, 5.41) is 12.9. The Balaban J connectivity index is 1.16. The van der Waals surface area contributed by atoms with Crippen LogP contribution >= 0.6 is 22.9 Å². The number of hydrogen-bond acceptors (Lipinski definition) is 6. The number of aromatic nitrogens is 2. The van der Waals surface area contributed by atoms with Crippen LogP contribution in [0.4, 0.5) is 5.13 Å². The van der Waals surface area contributed by atoms with Gasteiger partial charge >= 0.3 is 0 Å². The largest absolute Gasteiger partial charge is 0.301 e. The third-order valence-corrected chi connectivity index (χ3v) is 6.24. The van der Waals surface area contributed by atoms with Gasteiger partial charge in [-0.2, -0.15) is 0 Å². The van der Waals surface area contributed by atoms with Gasteiger partial charge in [-0.1, -0.05) is 53.6 Å². The standard InChI is InChI=1S/C23H21ClN4O3S/c24-16-11-9-15(10-12-16)14-20-26-27-23(32-20)25-19(29)8-2-1-5-13-28-21(30)17-6-3-4-7-18(17)22(28)31/h3-4,6-7,9-12H,1-2,5,8,13-14H2,(H,25,27,29). The number of imide groups is 1. The van der Waals surface area contributed by atoms with Gasteiger partial charge in [0.2, 0.25) is 11.0 Å². The first kappa shape index (κ1) is 22.1. The first-order valence-corrected chi connectivity index (χ1v) is 11.5. The fourth-order valence-corrected chi connectivity index (χ4v) is 4.42. The Morgan fingerprint density at radius 1 is 0.938 bits per heavy atom. The van der Waals surface area contributed by atoms with E-state index in [-0.39, 0.29) is 17.7 Å². The molecular weight excluding hydrogens is 448 g/mol. The Hall–Kier alpha value is -3.10. The second-order valence-electron chi connectivity index (χ2n) is 7.47. The highest BCUT2D eigenvalue weighted by atomic mass is 35.5. The van der Waals surface area contributed by atoms with Crippen molar-refractivity contribution in [2.45, 2.75) is 32.1 Å². The Labute approximate surface area is 194 Å². The lowest BCUT2D eigenvalue weighted by molar-refractivity contribution is -0.116. The molecule has 1 aliphatic heterocycles. The zero-order valence-corrected chi connectivity index (χ0v) is 18.8. The second-order valence-corrected chi connectivity index (χ2v) is 8.97. The molecule has 0 radical (unpaired) electrons. The fourth-order valence-electron chi connectivity index (χ4n) is 3.51. The van der Waals surface area contributed by atoms with Crippen molar-refractivity contribution in [3.8, 4) is 0 Å². The molecule has 2 heterocycles. The lowest BCUT2D eigenvalue weighted by Crippen LogP contribution is -2.30. The minimum Gasteiger partial charge on any atom is -0.301 e. The minimum absolute atomic E-state index is 0.125. The third kappa shape index (κ3) is 5.20. The number of rotatable bonds is 9. The van der Waals surface area contributed by atoms with E-state index in [1.165, 1.54) is 16.2 Å². The zero-order valence-electron chi connectivity index (χ0n) is 17.2. The number of amides is 3. The zero-order chi connectivity index (χ0) is 22.5. The molecule has 0 fully saturated rings. The molecule has 0 saturated carbocycles. The lowest BCUT2D eigenvalue weighted by atomic mass is 10.1. The molecule has 0 bridgehead atoms. The molecule has 1 N–H and O–H groups in total. The maximum Gasteiger partial charge on any atom is 0.261 e. The summed E-state index contributed by atoms with van der Waals surface area (Å²) in [6.45, 7) is 0.360. The average molecular weight is 469 g/mol. The molecule has 3 aromatic rings. The number of nitrogens with one attached hydrogen (secondary N) is 1. The second kappa shape index (κ2) is 10.0. The summed E-state index contributed by atoms with van der Waals surface area (Å²) in [6.07, 6.45) is 3.02. The number of nitrogens with zero attached hydrogens (tertiary/aromatic N) is 3. The SMILES string of the molecule is O=C(CCCCCN1C(=O)c2ccccc2C1=O)Nc1nnc(Cc2ccc(Cl)cc2)s1. The number of benzene rings is 2. The van der Waals surface area contributed by atoms with E-state index in [1.54, 1.807) is 24.3 Å². The molecule has 0 unspecified atom stereocenters. The van der Waals surface area contributed by atoms with Gasteiger partial charge in [0.25, 0.3) is 11.8 Å². The predicted octanol–water partition coefficient (Wildman–Crippen LogP) is 4.58. The van der Waals surface area contributed by atoms with Crippen LogP contribution in [0.15, 0.2) is 48.5 Å². The van der Waals surface area contributed by atoms with Crippen LogP contribution in [0.25, 0.3) is 0 Å². The van der Waals surface area contributed by atoms with E-state index in [2.05, 4.69) is 15.5 Å². The molecule has 0 saturated heterocycles. The van der Waals surface area contributed by atoms with Gasteiger partial charge in [0.05, 0.1) is 11.1 Å². The van der Waals surface area contributed by atoms with Crippen LogP contribution in [-0.4, -0.2) is 39.4 Å². The maximum atomic E-state index is 12.3. The number of hydrogen-bond donors (Lipinski definition) is 1. The van der Waals surface area contributed by atoms with Crippen LogP contribution < -0.4 is 5.32 Å². The highest BCUT2D eigenvalue weighted by Gasteiger charge is 2.34. The van der Waals surface area contributed by atoms with Gasteiger partial charge in [-0.05, 0) is 42.7 Å². The topological polar surface area (TPSA) is 92.3 Å². The van der Waals surface area contributed by atoms with E-state index in [0.717, 1.165) is 17.0 Å². The molecule has 7 nitrogen and oxygen atoms in total. The van der Waals surface area contributed by atoms with Gasteiger partial charge in [-0.15, -0.1) is 10.2 Å². The quantitative estimate of drug-likeness (QED) is 0.366. The summed E-state index contributed by atoms with van der Waals surface area (Å²) >= 11 is 7.24. The molecule has 0 atom stereocenters. The van der Waals surface area contributed by atoms with Crippen molar-refractivity contribution < 1.29 is 14.4 Å². The van der Waals surface area contributed by atoms with E-state index in [4.69, 9.17) is 11.6 Å². The summed E-state index contributed by atoms with van der Waals surface area (Å²) in [4.78, 5) is 38.1. The summed E-state index contributed by atoms with van der Waals surface area (Å²) in [7, 11) is 0. The number of carbonyl (C=O) groups is 3.